The number of hydrogen-bond donors (Lipinski definition) is 1. The summed E-state index contributed by atoms with van der Waals surface area (Å²) >= 11 is 2.73. The van der Waals surface area contributed by atoms with Crippen LogP contribution in [0.4, 0.5) is 9.93 Å². The Kier molecular flexibility index (Phi) is 4.53. The normalized spacial score (nSPS) is 22.4. The van der Waals surface area contributed by atoms with Gasteiger partial charge in [0, 0.05) is 29.5 Å². The maximum atomic E-state index is 12.5. The maximum absolute atomic E-state index is 12.5. The van der Waals surface area contributed by atoms with Gasteiger partial charge in [0.2, 0.25) is 10.3 Å². The summed E-state index contributed by atoms with van der Waals surface area (Å²) in [5, 5.41) is 4.13. The second kappa shape index (κ2) is 6.94. The molecule has 1 N–H and O–H groups in total. The van der Waals surface area contributed by atoms with Crippen LogP contribution in [0.5, 0.6) is 0 Å². The number of aromatic nitrogens is 2. The van der Waals surface area contributed by atoms with Crippen LogP contribution in [0.3, 0.4) is 0 Å². The van der Waals surface area contributed by atoms with E-state index < -0.39 is 0 Å². The summed E-state index contributed by atoms with van der Waals surface area (Å²) in [7, 11) is 0. The van der Waals surface area contributed by atoms with Crippen LogP contribution < -0.4 is 5.32 Å². The summed E-state index contributed by atoms with van der Waals surface area (Å²) in [6.45, 7) is 1.68. The smallest absolute Gasteiger partial charge is 0.323 e. The lowest BCUT2D eigenvalue weighted by molar-refractivity contribution is 0.220. The third kappa shape index (κ3) is 3.47. The lowest BCUT2D eigenvalue weighted by Crippen LogP contribution is -2.33. The molecule has 5 nitrogen and oxygen atoms in total. The number of allylic oxidation sites excluding steroid dienone is 2. The zero-order chi connectivity index (χ0) is 16.4. The van der Waals surface area contributed by atoms with Gasteiger partial charge in [-0.25, -0.2) is 4.79 Å². The van der Waals surface area contributed by atoms with Crippen LogP contribution >= 0.6 is 23.3 Å². The van der Waals surface area contributed by atoms with Crippen molar-refractivity contribution in [1.29, 1.82) is 0 Å². The lowest BCUT2D eigenvalue weighted by Gasteiger charge is -2.17. The Labute approximate surface area is 149 Å². The largest absolute Gasteiger partial charge is 0.324 e. The van der Waals surface area contributed by atoms with Crippen LogP contribution in [-0.2, 0) is 0 Å². The molecule has 0 spiro atoms. The number of nitrogens with zero attached hydrogens (tertiary/aromatic N) is 3. The van der Waals surface area contributed by atoms with Crippen molar-refractivity contribution in [3.8, 4) is 0 Å². The average Bonchev–Trinajstić information content (AvgIpc) is 3.22. The first-order valence-electron chi connectivity index (χ1n) is 8.05. The van der Waals surface area contributed by atoms with E-state index in [2.05, 4.69) is 26.8 Å². The molecule has 24 heavy (non-hydrogen) atoms. The second-order valence-electron chi connectivity index (χ2n) is 6.10. The van der Waals surface area contributed by atoms with Gasteiger partial charge in [-0.15, -0.1) is 0 Å². The van der Waals surface area contributed by atoms with E-state index in [-0.39, 0.29) is 6.03 Å². The molecule has 1 aromatic heterocycles. The monoisotopic (exact) mass is 358 g/mol. The van der Waals surface area contributed by atoms with Gasteiger partial charge in [0.05, 0.1) is 0 Å². The number of rotatable bonds is 3. The Balaban J connectivity index is 1.35. The van der Waals surface area contributed by atoms with E-state index in [1.54, 1.807) is 0 Å². The van der Waals surface area contributed by atoms with Gasteiger partial charge in [0.1, 0.15) is 0 Å². The molecule has 1 aliphatic carbocycles. The molecule has 124 valence electrons. The topological polar surface area (TPSA) is 58.1 Å². The molecular formula is C17H18N4OS2. The van der Waals surface area contributed by atoms with Crippen molar-refractivity contribution in [2.24, 2.45) is 11.8 Å². The van der Waals surface area contributed by atoms with Gasteiger partial charge < -0.3 is 4.90 Å². The number of carbonyl (C=O) groups excluding carboxylic acids is 1. The first kappa shape index (κ1) is 15.7. The molecule has 4 rings (SSSR count). The van der Waals surface area contributed by atoms with Crippen LogP contribution in [0, 0.1) is 11.8 Å². The van der Waals surface area contributed by atoms with E-state index in [0.717, 1.165) is 30.8 Å². The first-order chi connectivity index (χ1) is 11.8. The molecule has 7 heteroatoms. The van der Waals surface area contributed by atoms with E-state index in [1.807, 2.05) is 35.2 Å². The van der Waals surface area contributed by atoms with Gasteiger partial charge in [-0.1, -0.05) is 30.4 Å². The number of benzene rings is 1. The van der Waals surface area contributed by atoms with Crippen molar-refractivity contribution in [1.82, 2.24) is 14.3 Å². The molecule has 2 aromatic rings. The third-order valence-electron chi connectivity index (χ3n) is 4.48. The number of anilines is 1. The summed E-state index contributed by atoms with van der Waals surface area (Å²) < 4.78 is 4.31. The molecule has 1 fully saturated rings. The molecule has 0 radical (unpaired) electrons. The summed E-state index contributed by atoms with van der Waals surface area (Å²) in [6.07, 6.45) is 6.65. The van der Waals surface area contributed by atoms with Gasteiger partial charge in [0.25, 0.3) is 0 Å². The Hall–Kier alpha value is -1.86. The van der Waals surface area contributed by atoms with E-state index in [4.69, 9.17) is 0 Å². The van der Waals surface area contributed by atoms with Crippen molar-refractivity contribution >= 4 is 34.5 Å². The van der Waals surface area contributed by atoms with Crippen LogP contribution in [0.15, 0.2) is 52.5 Å². The van der Waals surface area contributed by atoms with Crippen molar-refractivity contribution in [3.63, 3.8) is 0 Å². The molecule has 1 aromatic carbocycles. The number of urea groups is 1. The Morgan fingerprint density at radius 2 is 1.88 bits per heavy atom. The molecular weight excluding hydrogens is 340 g/mol. The van der Waals surface area contributed by atoms with E-state index in [1.165, 1.54) is 23.3 Å². The lowest BCUT2D eigenvalue weighted by atomic mass is 9.86. The van der Waals surface area contributed by atoms with Gasteiger partial charge in [-0.2, -0.15) is 9.36 Å². The minimum absolute atomic E-state index is 0.0585. The quantitative estimate of drug-likeness (QED) is 0.839. The number of hydrogen-bond acceptors (Lipinski definition) is 5. The van der Waals surface area contributed by atoms with Crippen LogP contribution in [0.25, 0.3) is 0 Å². The Bertz CT molecular complexity index is 730. The summed E-state index contributed by atoms with van der Waals surface area (Å²) in [4.78, 5) is 19.9. The molecule has 2 atom stereocenters. The molecule has 0 saturated carbocycles. The highest BCUT2D eigenvalue weighted by atomic mass is 32.2. The predicted molar refractivity (Wildman–Crippen MR) is 96.4 cm³/mol. The SMILES string of the molecule is O=C(Nc1nc(Sc2ccccc2)ns1)N1CC2CC=CCC2C1. The number of likely N-dealkylation sites (tertiary alicyclic amines) is 1. The van der Waals surface area contributed by atoms with Crippen molar-refractivity contribution in [3.05, 3.63) is 42.5 Å². The van der Waals surface area contributed by atoms with Gasteiger partial charge in [-0.3, -0.25) is 5.32 Å². The first-order valence-corrected chi connectivity index (χ1v) is 9.64. The highest BCUT2D eigenvalue weighted by Crippen LogP contribution is 2.33. The fraction of sp³-hybridized carbons (Fsp3) is 0.353. The zero-order valence-electron chi connectivity index (χ0n) is 13.1. The predicted octanol–water partition coefficient (Wildman–Crippen LogP) is 4.12. The van der Waals surface area contributed by atoms with Crippen LogP contribution in [-0.4, -0.2) is 33.4 Å². The van der Waals surface area contributed by atoms with Gasteiger partial charge >= 0.3 is 6.03 Å². The van der Waals surface area contributed by atoms with Crippen molar-refractivity contribution in [2.45, 2.75) is 22.9 Å². The summed E-state index contributed by atoms with van der Waals surface area (Å²) in [5.74, 6) is 1.22. The molecule has 2 unspecified atom stereocenters. The fourth-order valence-electron chi connectivity index (χ4n) is 3.25. The number of nitrogens with one attached hydrogen (secondary N) is 1. The minimum atomic E-state index is -0.0585. The van der Waals surface area contributed by atoms with Crippen molar-refractivity contribution in [2.75, 3.05) is 18.4 Å². The second-order valence-corrected chi connectivity index (χ2v) is 7.89. The van der Waals surface area contributed by atoms with Crippen molar-refractivity contribution < 1.29 is 4.79 Å². The number of amides is 2. The minimum Gasteiger partial charge on any atom is -0.324 e. The molecule has 2 heterocycles. The number of carbonyl (C=O) groups is 1. The van der Waals surface area contributed by atoms with Crippen LogP contribution in [0.1, 0.15) is 12.8 Å². The fourth-order valence-corrected chi connectivity index (χ4v) is 4.67. The van der Waals surface area contributed by atoms with E-state index >= 15 is 0 Å². The number of fused-ring (bicyclic) bond motifs is 1. The third-order valence-corrected chi connectivity index (χ3v) is 6.10. The highest BCUT2D eigenvalue weighted by Gasteiger charge is 2.35. The molecule has 1 saturated heterocycles. The highest BCUT2D eigenvalue weighted by molar-refractivity contribution is 7.99. The van der Waals surface area contributed by atoms with E-state index in [0.29, 0.717) is 22.1 Å². The van der Waals surface area contributed by atoms with Gasteiger partial charge in [0.15, 0.2) is 0 Å². The zero-order valence-corrected chi connectivity index (χ0v) is 14.7. The Morgan fingerprint density at radius 3 is 2.58 bits per heavy atom. The molecule has 2 aliphatic rings. The van der Waals surface area contributed by atoms with E-state index in [9.17, 15) is 4.79 Å². The standard InChI is InChI=1S/C17H18N4OS2/c22-17(21-10-12-6-4-5-7-13(12)11-21)19-15-18-16(20-24-15)23-14-8-2-1-3-9-14/h1-5,8-9,12-13H,6-7,10-11H2,(H,18,19,20,22). The Morgan fingerprint density at radius 1 is 1.17 bits per heavy atom. The summed E-state index contributed by atoms with van der Waals surface area (Å²) in [6, 6.07) is 9.93. The molecule has 2 amide bonds. The van der Waals surface area contributed by atoms with Crippen LogP contribution in [0.2, 0.25) is 0 Å². The molecule has 0 bridgehead atoms. The molecule has 1 aliphatic heterocycles. The average molecular weight is 358 g/mol. The maximum Gasteiger partial charge on any atom is 0.323 e. The summed E-state index contributed by atoms with van der Waals surface area (Å²) in [5.41, 5.74) is 0. The van der Waals surface area contributed by atoms with Gasteiger partial charge in [-0.05, 0) is 48.6 Å².